The van der Waals surface area contributed by atoms with Gasteiger partial charge < -0.3 is 15.5 Å². The molecule has 2 N–H and O–H groups in total. The molecule has 3 aliphatic rings. The molecule has 3 fully saturated rings. The summed E-state index contributed by atoms with van der Waals surface area (Å²) in [4.78, 5) is 29.6. The zero-order chi connectivity index (χ0) is 17.9. The number of carbonyl (C=O) groups is 2. The molecule has 5 heteroatoms. The maximum atomic E-state index is 13.0. The van der Waals surface area contributed by atoms with Gasteiger partial charge in [-0.15, -0.1) is 0 Å². The van der Waals surface area contributed by atoms with Crippen molar-refractivity contribution in [2.24, 2.45) is 17.6 Å². The van der Waals surface area contributed by atoms with Crippen LogP contribution >= 0.6 is 0 Å². The number of nitrogens with zero attached hydrogens (tertiary/aromatic N) is 2. The Labute approximate surface area is 152 Å². The number of rotatable bonds is 3. The second-order valence-electron chi connectivity index (χ2n) is 8.72. The molecule has 0 aromatic rings. The summed E-state index contributed by atoms with van der Waals surface area (Å²) in [6.45, 7) is 4.94. The highest BCUT2D eigenvalue weighted by Crippen LogP contribution is 2.33. The minimum Gasteiger partial charge on any atom is -0.341 e. The first-order chi connectivity index (χ1) is 12.0. The highest BCUT2D eigenvalue weighted by Gasteiger charge is 2.40. The van der Waals surface area contributed by atoms with E-state index in [1.807, 2.05) is 16.7 Å². The molecule has 2 aliphatic carbocycles. The number of hydrogen-bond acceptors (Lipinski definition) is 3. The first kappa shape index (κ1) is 18.7. The topological polar surface area (TPSA) is 66.6 Å². The first-order valence-electron chi connectivity index (χ1n) is 10.3. The Balaban J connectivity index is 1.53. The quantitative estimate of drug-likeness (QED) is 0.851. The average molecular weight is 350 g/mol. The van der Waals surface area contributed by atoms with E-state index in [2.05, 4.69) is 0 Å². The number of nitrogens with two attached hydrogens (primary N) is 1. The summed E-state index contributed by atoms with van der Waals surface area (Å²) in [5.74, 6) is 1.05. The zero-order valence-corrected chi connectivity index (χ0v) is 15.8. The molecule has 25 heavy (non-hydrogen) atoms. The van der Waals surface area contributed by atoms with Gasteiger partial charge >= 0.3 is 0 Å². The summed E-state index contributed by atoms with van der Waals surface area (Å²) in [5.41, 5.74) is 6.05. The number of hydrogen-bond donors (Lipinski definition) is 1. The van der Waals surface area contributed by atoms with Gasteiger partial charge in [-0.2, -0.15) is 0 Å². The minimum absolute atomic E-state index is 0.0537. The van der Waals surface area contributed by atoms with Gasteiger partial charge in [-0.1, -0.05) is 25.7 Å². The summed E-state index contributed by atoms with van der Waals surface area (Å²) >= 11 is 0. The van der Waals surface area contributed by atoms with E-state index < -0.39 is 0 Å². The third-order valence-electron chi connectivity index (χ3n) is 6.65. The van der Waals surface area contributed by atoms with Crippen molar-refractivity contribution in [3.8, 4) is 0 Å². The van der Waals surface area contributed by atoms with Crippen molar-refractivity contribution in [3.05, 3.63) is 0 Å². The Hall–Kier alpha value is -1.10. The van der Waals surface area contributed by atoms with Gasteiger partial charge in [-0.25, -0.2) is 0 Å². The normalized spacial score (nSPS) is 31.8. The van der Waals surface area contributed by atoms with E-state index in [0.29, 0.717) is 31.3 Å². The lowest BCUT2D eigenvalue weighted by molar-refractivity contribution is -0.139. The predicted molar refractivity (Wildman–Crippen MR) is 98.9 cm³/mol. The van der Waals surface area contributed by atoms with Crippen LogP contribution in [0.5, 0.6) is 0 Å². The first-order valence-corrected chi connectivity index (χ1v) is 10.3. The smallest absolute Gasteiger partial charge is 0.227 e. The van der Waals surface area contributed by atoms with Gasteiger partial charge in [0, 0.05) is 38.1 Å². The van der Waals surface area contributed by atoms with Crippen molar-refractivity contribution in [3.63, 3.8) is 0 Å². The molecular weight excluding hydrogens is 314 g/mol. The van der Waals surface area contributed by atoms with Gasteiger partial charge in [0.15, 0.2) is 0 Å². The molecular formula is C20H35N3O2. The van der Waals surface area contributed by atoms with Gasteiger partial charge in [0.1, 0.15) is 0 Å². The van der Waals surface area contributed by atoms with E-state index in [0.717, 1.165) is 45.2 Å². The summed E-state index contributed by atoms with van der Waals surface area (Å²) in [5, 5.41) is 0. The van der Waals surface area contributed by atoms with Crippen LogP contribution in [0.4, 0.5) is 0 Å². The van der Waals surface area contributed by atoms with Crippen molar-refractivity contribution < 1.29 is 9.59 Å². The fourth-order valence-corrected chi connectivity index (χ4v) is 4.96. The van der Waals surface area contributed by atoms with Gasteiger partial charge in [-0.3, -0.25) is 9.59 Å². The number of carbonyl (C=O) groups excluding carboxylic acids is 2. The van der Waals surface area contributed by atoms with Gasteiger partial charge in [0.2, 0.25) is 11.8 Å². The Kier molecular flexibility index (Phi) is 6.03. The lowest BCUT2D eigenvalue weighted by Gasteiger charge is -2.39. The SMILES string of the molecule is CC1(N)CCCCC1C(=O)N1CCCN(C(=O)CC2CCCC2)CC1. The molecule has 0 aromatic carbocycles. The molecule has 0 spiro atoms. The standard InChI is InChI=1S/C20H35N3O2/c1-20(21)10-5-4-9-17(20)19(25)23-12-6-11-22(13-14-23)18(24)15-16-7-2-3-8-16/h16-17H,2-15,21H2,1H3. The van der Waals surface area contributed by atoms with Crippen LogP contribution in [0.1, 0.15) is 71.1 Å². The molecule has 0 aromatic heterocycles. The lowest BCUT2D eigenvalue weighted by Crippen LogP contribution is -2.54. The van der Waals surface area contributed by atoms with E-state index in [1.54, 1.807) is 0 Å². The summed E-state index contributed by atoms with van der Waals surface area (Å²) in [6.07, 6.45) is 10.6. The summed E-state index contributed by atoms with van der Waals surface area (Å²) in [7, 11) is 0. The Morgan fingerprint density at radius 1 is 0.920 bits per heavy atom. The molecule has 1 aliphatic heterocycles. The second kappa shape index (κ2) is 8.07. The maximum Gasteiger partial charge on any atom is 0.227 e. The molecule has 142 valence electrons. The Bertz CT molecular complexity index is 485. The van der Waals surface area contributed by atoms with Crippen LogP contribution in [0.3, 0.4) is 0 Å². The van der Waals surface area contributed by atoms with Crippen molar-refractivity contribution in [1.29, 1.82) is 0 Å². The van der Waals surface area contributed by atoms with Crippen molar-refractivity contribution in [2.45, 2.75) is 76.7 Å². The van der Waals surface area contributed by atoms with E-state index in [4.69, 9.17) is 5.73 Å². The highest BCUT2D eigenvalue weighted by atomic mass is 16.2. The second-order valence-corrected chi connectivity index (χ2v) is 8.72. The van der Waals surface area contributed by atoms with Crippen LogP contribution in [0.2, 0.25) is 0 Å². The monoisotopic (exact) mass is 349 g/mol. The Morgan fingerprint density at radius 2 is 1.56 bits per heavy atom. The number of amides is 2. The van der Waals surface area contributed by atoms with Gasteiger partial charge in [0.25, 0.3) is 0 Å². The van der Waals surface area contributed by atoms with Crippen molar-refractivity contribution in [2.75, 3.05) is 26.2 Å². The van der Waals surface area contributed by atoms with Crippen LogP contribution in [-0.4, -0.2) is 53.3 Å². The largest absolute Gasteiger partial charge is 0.341 e. The Morgan fingerprint density at radius 3 is 2.28 bits per heavy atom. The summed E-state index contributed by atoms with van der Waals surface area (Å²) in [6, 6.07) is 0. The molecule has 2 atom stereocenters. The molecule has 2 amide bonds. The predicted octanol–water partition coefficient (Wildman–Crippen LogP) is 2.54. The van der Waals surface area contributed by atoms with Gasteiger partial charge in [0.05, 0.1) is 5.92 Å². The average Bonchev–Trinajstić information content (AvgIpc) is 2.95. The van der Waals surface area contributed by atoms with Crippen molar-refractivity contribution >= 4 is 11.8 Å². The van der Waals surface area contributed by atoms with Crippen molar-refractivity contribution in [1.82, 2.24) is 9.80 Å². The van der Waals surface area contributed by atoms with Crippen LogP contribution in [0.15, 0.2) is 0 Å². The van der Waals surface area contributed by atoms with Crippen LogP contribution in [0, 0.1) is 11.8 Å². The zero-order valence-electron chi connectivity index (χ0n) is 15.8. The van der Waals surface area contributed by atoms with Crippen LogP contribution in [-0.2, 0) is 9.59 Å². The maximum absolute atomic E-state index is 13.0. The third-order valence-corrected chi connectivity index (χ3v) is 6.65. The van der Waals surface area contributed by atoms with E-state index in [1.165, 1.54) is 25.7 Å². The van der Waals surface area contributed by atoms with E-state index >= 15 is 0 Å². The minimum atomic E-state index is -0.375. The molecule has 2 saturated carbocycles. The third kappa shape index (κ3) is 4.55. The highest BCUT2D eigenvalue weighted by molar-refractivity contribution is 5.81. The summed E-state index contributed by atoms with van der Waals surface area (Å²) < 4.78 is 0. The molecule has 5 nitrogen and oxygen atoms in total. The van der Waals surface area contributed by atoms with E-state index in [-0.39, 0.29) is 17.4 Å². The molecule has 0 radical (unpaired) electrons. The molecule has 2 unspecified atom stereocenters. The fraction of sp³-hybridized carbons (Fsp3) is 0.900. The molecule has 1 saturated heterocycles. The van der Waals surface area contributed by atoms with Crippen LogP contribution in [0.25, 0.3) is 0 Å². The molecule has 3 rings (SSSR count). The lowest BCUT2D eigenvalue weighted by atomic mass is 9.74. The van der Waals surface area contributed by atoms with Crippen LogP contribution < -0.4 is 5.73 Å². The van der Waals surface area contributed by atoms with E-state index in [9.17, 15) is 9.59 Å². The van der Waals surface area contributed by atoms with Gasteiger partial charge in [-0.05, 0) is 44.9 Å². The fourth-order valence-electron chi connectivity index (χ4n) is 4.96. The molecule has 1 heterocycles. The molecule has 0 bridgehead atoms.